The molecule has 0 unspecified atom stereocenters. The highest BCUT2D eigenvalue weighted by molar-refractivity contribution is 5.86. The van der Waals surface area contributed by atoms with E-state index in [-0.39, 0.29) is 0 Å². The highest BCUT2D eigenvalue weighted by Gasteiger charge is 2.20. The molecule has 0 bridgehead atoms. The van der Waals surface area contributed by atoms with E-state index in [9.17, 15) is 0 Å². The van der Waals surface area contributed by atoms with Crippen LogP contribution in [0.3, 0.4) is 0 Å². The number of fused-ring (bicyclic) bond motifs is 1. The van der Waals surface area contributed by atoms with E-state index < -0.39 is 0 Å². The average Bonchev–Trinajstić information content (AvgIpc) is 3.18. The Balaban J connectivity index is 1.25. The number of guanidine groups is 1. The number of rotatable bonds is 5. The van der Waals surface area contributed by atoms with Gasteiger partial charge in [0.05, 0.1) is 0 Å². The van der Waals surface area contributed by atoms with Crippen molar-refractivity contribution in [3.63, 3.8) is 0 Å². The van der Waals surface area contributed by atoms with Crippen molar-refractivity contribution in [2.45, 2.75) is 32.2 Å². The lowest BCUT2D eigenvalue weighted by molar-refractivity contribution is 0.459. The van der Waals surface area contributed by atoms with Gasteiger partial charge in [-0.2, -0.15) is 0 Å². The Bertz CT molecular complexity index is 954. The van der Waals surface area contributed by atoms with E-state index in [1.807, 2.05) is 25.4 Å². The van der Waals surface area contributed by atoms with E-state index in [0.29, 0.717) is 6.04 Å². The van der Waals surface area contributed by atoms with Gasteiger partial charge in [-0.15, -0.1) is 0 Å². The summed E-state index contributed by atoms with van der Waals surface area (Å²) in [6, 6.07) is 13.0. The number of hydrogen-bond donors (Lipinski definition) is 3. The summed E-state index contributed by atoms with van der Waals surface area (Å²) < 4.78 is 0. The van der Waals surface area contributed by atoms with Crippen LogP contribution >= 0.6 is 0 Å². The molecule has 0 saturated carbocycles. The second-order valence-corrected chi connectivity index (χ2v) is 7.65. The van der Waals surface area contributed by atoms with Gasteiger partial charge in [0.2, 0.25) is 0 Å². The monoisotopic (exact) mass is 390 g/mol. The quantitative estimate of drug-likeness (QED) is 0.462. The third kappa shape index (κ3) is 4.53. The molecule has 152 valence electrons. The number of nitrogens with one attached hydrogen (secondary N) is 3. The molecule has 4 rings (SSSR count). The van der Waals surface area contributed by atoms with E-state index in [0.717, 1.165) is 50.7 Å². The van der Waals surface area contributed by atoms with Crippen LogP contribution in [-0.4, -0.2) is 48.7 Å². The predicted octanol–water partition coefficient (Wildman–Crippen LogP) is 3.25. The van der Waals surface area contributed by atoms with Crippen molar-refractivity contribution in [3.05, 3.63) is 59.9 Å². The van der Waals surface area contributed by atoms with Gasteiger partial charge < -0.3 is 20.5 Å². The Kier molecular flexibility index (Phi) is 5.98. The summed E-state index contributed by atoms with van der Waals surface area (Å²) in [6.45, 7) is 5.03. The summed E-state index contributed by atoms with van der Waals surface area (Å²) in [6.07, 6.45) is 7.11. The third-order valence-electron chi connectivity index (χ3n) is 5.73. The van der Waals surface area contributed by atoms with E-state index >= 15 is 0 Å². The lowest BCUT2D eigenvalue weighted by Gasteiger charge is -2.33. The molecule has 0 atom stereocenters. The molecule has 3 aromatic rings. The Labute approximate surface area is 172 Å². The van der Waals surface area contributed by atoms with E-state index in [2.05, 4.69) is 67.9 Å². The first kappa shape index (κ1) is 19.3. The van der Waals surface area contributed by atoms with Crippen LogP contribution in [0.15, 0.2) is 53.8 Å². The molecule has 0 spiro atoms. The second-order valence-electron chi connectivity index (χ2n) is 7.65. The number of aliphatic imine (C=N–C) groups is 1. The van der Waals surface area contributed by atoms with Gasteiger partial charge in [-0.05, 0) is 49.4 Å². The molecule has 6 nitrogen and oxygen atoms in total. The second kappa shape index (κ2) is 8.99. The molecular weight excluding hydrogens is 360 g/mol. The number of anilines is 1. The van der Waals surface area contributed by atoms with Gasteiger partial charge in [-0.3, -0.25) is 4.99 Å². The molecule has 1 aliphatic rings. The standard InChI is InChI=1S/C23H30N6/c1-17-6-5-7-20-18(16-27-22(17)20)9-13-26-23(24-2)28-19-10-14-29(15-11-19)21-8-3-4-12-25-21/h3-8,12,16,19,27H,9-11,13-15H2,1-2H3,(H2,24,26,28). The van der Waals surface area contributed by atoms with Crippen molar-refractivity contribution in [2.75, 3.05) is 31.6 Å². The molecule has 3 N–H and O–H groups in total. The van der Waals surface area contributed by atoms with Crippen LogP contribution in [0.4, 0.5) is 5.82 Å². The van der Waals surface area contributed by atoms with Crippen molar-refractivity contribution in [2.24, 2.45) is 4.99 Å². The van der Waals surface area contributed by atoms with Crippen LogP contribution in [-0.2, 0) is 6.42 Å². The molecular formula is C23H30N6. The zero-order valence-electron chi connectivity index (χ0n) is 17.3. The van der Waals surface area contributed by atoms with Crippen molar-refractivity contribution >= 4 is 22.7 Å². The first-order valence-corrected chi connectivity index (χ1v) is 10.4. The maximum absolute atomic E-state index is 4.46. The van der Waals surface area contributed by atoms with Crippen molar-refractivity contribution in [1.29, 1.82) is 0 Å². The van der Waals surface area contributed by atoms with Gasteiger partial charge in [0.1, 0.15) is 5.82 Å². The number of benzene rings is 1. The number of para-hydroxylation sites is 1. The summed E-state index contributed by atoms with van der Waals surface area (Å²) in [7, 11) is 1.84. The normalized spacial score (nSPS) is 15.7. The summed E-state index contributed by atoms with van der Waals surface area (Å²) in [4.78, 5) is 14.6. The van der Waals surface area contributed by atoms with Crippen LogP contribution in [0, 0.1) is 6.92 Å². The Hall–Kier alpha value is -3.02. The van der Waals surface area contributed by atoms with Crippen molar-refractivity contribution in [3.8, 4) is 0 Å². The molecule has 0 aliphatic carbocycles. The first-order valence-electron chi connectivity index (χ1n) is 10.4. The largest absolute Gasteiger partial charge is 0.361 e. The van der Waals surface area contributed by atoms with Gasteiger partial charge in [-0.1, -0.05) is 24.3 Å². The van der Waals surface area contributed by atoms with Gasteiger partial charge in [0, 0.05) is 56.0 Å². The minimum Gasteiger partial charge on any atom is -0.361 e. The highest BCUT2D eigenvalue weighted by Crippen LogP contribution is 2.21. The number of nitrogens with zero attached hydrogens (tertiary/aromatic N) is 3. The van der Waals surface area contributed by atoms with Crippen LogP contribution in [0.25, 0.3) is 10.9 Å². The minimum absolute atomic E-state index is 0.442. The Morgan fingerprint density at radius 1 is 1.21 bits per heavy atom. The lowest BCUT2D eigenvalue weighted by Crippen LogP contribution is -2.49. The maximum atomic E-state index is 4.46. The fraction of sp³-hybridized carbons (Fsp3) is 0.391. The lowest BCUT2D eigenvalue weighted by atomic mass is 10.1. The molecule has 1 fully saturated rings. The molecule has 1 aliphatic heterocycles. The summed E-state index contributed by atoms with van der Waals surface area (Å²) >= 11 is 0. The molecule has 0 radical (unpaired) electrons. The van der Waals surface area contributed by atoms with Gasteiger partial charge >= 0.3 is 0 Å². The number of aryl methyl sites for hydroxylation is 1. The van der Waals surface area contributed by atoms with Crippen LogP contribution in [0.2, 0.25) is 0 Å². The average molecular weight is 391 g/mol. The SMILES string of the molecule is CN=C(NCCc1c[nH]c2c(C)cccc12)NC1CCN(c2ccccn2)CC1. The topological polar surface area (TPSA) is 68.3 Å². The van der Waals surface area contributed by atoms with Gasteiger partial charge in [0.25, 0.3) is 0 Å². The van der Waals surface area contributed by atoms with Crippen molar-refractivity contribution < 1.29 is 0 Å². The van der Waals surface area contributed by atoms with Gasteiger partial charge in [-0.25, -0.2) is 4.98 Å². The van der Waals surface area contributed by atoms with Crippen LogP contribution in [0.5, 0.6) is 0 Å². The maximum Gasteiger partial charge on any atom is 0.191 e. The Morgan fingerprint density at radius 3 is 2.83 bits per heavy atom. The van der Waals surface area contributed by atoms with Gasteiger partial charge in [0.15, 0.2) is 5.96 Å². The first-order chi connectivity index (χ1) is 14.2. The molecule has 6 heteroatoms. The number of aromatic nitrogens is 2. The zero-order chi connectivity index (χ0) is 20.1. The van der Waals surface area contributed by atoms with E-state index in [4.69, 9.17) is 0 Å². The predicted molar refractivity (Wildman–Crippen MR) is 121 cm³/mol. The summed E-state index contributed by atoms with van der Waals surface area (Å²) in [5.74, 6) is 1.96. The van der Waals surface area contributed by atoms with E-state index in [1.165, 1.54) is 22.0 Å². The van der Waals surface area contributed by atoms with Crippen LogP contribution in [0.1, 0.15) is 24.0 Å². The minimum atomic E-state index is 0.442. The number of aromatic amines is 1. The third-order valence-corrected chi connectivity index (χ3v) is 5.73. The molecule has 2 aromatic heterocycles. The number of piperidine rings is 1. The van der Waals surface area contributed by atoms with Crippen molar-refractivity contribution in [1.82, 2.24) is 20.6 Å². The number of hydrogen-bond acceptors (Lipinski definition) is 3. The summed E-state index contributed by atoms with van der Waals surface area (Å²) in [5.41, 5.74) is 3.87. The highest BCUT2D eigenvalue weighted by atomic mass is 15.2. The zero-order valence-corrected chi connectivity index (χ0v) is 17.3. The fourth-order valence-corrected chi connectivity index (χ4v) is 4.07. The summed E-state index contributed by atoms with van der Waals surface area (Å²) in [5, 5.41) is 8.38. The van der Waals surface area contributed by atoms with E-state index in [1.54, 1.807) is 0 Å². The fourth-order valence-electron chi connectivity index (χ4n) is 4.07. The molecule has 1 aromatic carbocycles. The number of pyridine rings is 1. The molecule has 29 heavy (non-hydrogen) atoms. The smallest absolute Gasteiger partial charge is 0.191 e. The molecule has 0 amide bonds. The molecule has 1 saturated heterocycles. The number of H-pyrrole nitrogens is 1. The Morgan fingerprint density at radius 2 is 2.07 bits per heavy atom. The van der Waals surface area contributed by atoms with Crippen LogP contribution < -0.4 is 15.5 Å². The molecule has 3 heterocycles.